The SMILES string of the molecule is CCCNC(C)c1cc(Br)ccc1N(C)CC(O)COC. The van der Waals surface area contributed by atoms with E-state index in [0.717, 1.165) is 23.1 Å². The van der Waals surface area contributed by atoms with Gasteiger partial charge in [0.2, 0.25) is 0 Å². The number of benzene rings is 1. The number of nitrogens with one attached hydrogen (secondary N) is 1. The van der Waals surface area contributed by atoms with Crippen molar-refractivity contribution < 1.29 is 9.84 Å². The van der Waals surface area contributed by atoms with Crippen LogP contribution in [0.4, 0.5) is 5.69 Å². The summed E-state index contributed by atoms with van der Waals surface area (Å²) in [6, 6.07) is 6.52. The van der Waals surface area contributed by atoms with Crippen LogP contribution in [0.2, 0.25) is 0 Å². The van der Waals surface area contributed by atoms with Crippen LogP contribution in [0.25, 0.3) is 0 Å². The fourth-order valence-corrected chi connectivity index (χ4v) is 2.73. The van der Waals surface area contributed by atoms with Crippen LogP contribution in [0.5, 0.6) is 0 Å². The fraction of sp³-hybridized carbons (Fsp3) is 0.625. The van der Waals surface area contributed by atoms with Crippen LogP contribution in [0, 0.1) is 0 Å². The predicted octanol–water partition coefficient (Wildman–Crippen LogP) is 2.95. The molecule has 2 N–H and O–H groups in total. The van der Waals surface area contributed by atoms with Gasteiger partial charge >= 0.3 is 0 Å². The second-order valence-electron chi connectivity index (χ2n) is 5.37. The summed E-state index contributed by atoms with van der Waals surface area (Å²) in [5.41, 5.74) is 2.36. The van der Waals surface area contributed by atoms with Crippen LogP contribution >= 0.6 is 15.9 Å². The molecule has 21 heavy (non-hydrogen) atoms. The van der Waals surface area contributed by atoms with E-state index in [9.17, 15) is 5.11 Å². The van der Waals surface area contributed by atoms with Crippen molar-refractivity contribution in [2.75, 3.05) is 38.8 Å². The third-order valence-electron chi connectivity index (χ3n) is 3.41. The van der Waals surface area contributed by atoms with Gasteiger partial charge in [-0.15, -0.1) is 0 Å². The monoisotopic (exact) mass is 358 g/mol. The molecule has 5 heteroatoms. The van der Waals surface area contributed by atoms with Crippen molar-refractivity contribution in [1.82, 2.24) is 5.32 Å². The van der Waals surface area contributed by atoms with Gasteiger partial charge in [-0.3, -0.25) is 0 Å². The Kier molecular flexibility index (Phi) is 8.26. The molecule has 0 heterocycles. The molecule has 0 aliphatic rings. The van der Waals surface area contributed by atoms with Crippen molar-refractivity contribution in [3.8, 4) is 0 Å². The van der Waals surface area contributed by atoms with Gasteiger partial charge in [0.1, 0.15) is 0 Å². The van der Waals surface area contributed by atoms with E-state index in [1.807, 2.05) is 13.1 Å². The number of methoxy groups -OCH3 is 1. The summed E-state index contributed by atoms with van der Waals surface area (Å²) in [6.45, 7) is 6.21. The number of ether oxygens (including phenoxy) is 1. The van der Waals surface area contributed by atoms with Crippen LogP contribution in [0.1, 0.15) is 31.9 Å². The molecule has 2 atom stereocenters. The highest BCUT2D eigenvalue weighted by Gasteiger charge is 2.16. The maximum atomic E-state index is 9.91. The van der Waals surface area contributed by atoms with Crippen LogP contribution in [-0.2, 0) is 4.74 Å². The summed E-state index contributed by atoms with van der Waals surface area (Å²) in [4.78, 5) is 2.08. The molecule has 0 saturated heterocycles. The average molecular weight is 359 g/mol. The Balaban J connectivity index is 2.89. The summed E-state index contributed by atoms with van der Waals surface area (Å²) in [5.74, 6) is 0. The van der Waals surface area contributed by atoms with Gasteiger partial charge in [0.15, 0.2) is 0 Å². The number of hydrogen-bond acceptors (Lipinski definition) is 4. The van der Waals surface area contributed by atoms with E-state index in [0.29, 0.717) is 13.2 Å². The Morgan fingerprint density at radius 1 is 1.43 bits per heavy atom. The highest BCUT2D eigenvalue weighted by Crippen LogP contribution is 2.29. The van der Waals surface area contributed by atoms with Crippen molar-refractivity contribution in [1.29, 1.82) is 0 Å². The fourth-order valence-electron chi connectivity index (χ4n) is 2.35. The third kappa shape index (κ3) is 5.94. The van der Waals surface area contributed by atoms with E-state index in [4.69, 9.17) is 4.74 Å². The van der Waals surface area contributed by atoms with E-state index in [1.165, 1.54) is 5.56 Å². The molecule has 0 fully saturated rings. The molecule has 0 amide bonds. The molecule has 0 aliphatic heterocycles. The molecule has 1 aromatic carbocycles. The Hall–Kier alpha value is -0.620. The smallest absolute Gasteiger partial charge is 0.0947 e. The summed E-state index contributed by atoms with van der Waals surface area (Å²) >= 11 is 3.54. The Bertz CT molecular complexity index is 429. The molecule has 0 aliphatic carbocycles. The maximum absolute atomic E-state index is 9.91. The van der Waals surface area contributed by atoms with Crippen molar-refractivity contribution >= 4 is 21.6 Å². The first-order valence-corrected chi connectivity index (χ1v) is 8.19. The molecule has 1 rings (SSSR count). The van der Waals surface area contributed by atoms with Gasteiger partial charge in [0, 0.05) is 36.9 Å². The zero-order chi connectivity index (χ0) is 15.8. The Labute approximate surface area is 136 Å². The molecule has 120 valence electrons. The average Bonchev–Trinajstić information content (AvgIpc) is 2.44. The van der Waals surface area contributed by atoms with Gasteiger partial charge in [-0.2, -0.15) is 0 Å². The number of rotatable bonds is 9. The number of nitrogens with zero attached hydrogens (tertiary/aromatic N) is 1. The van der Waals surface area contributed by atoms with Gasteiger partial charge in [-0.05, 0) is 43.7 Å². The zero-order valence-electron chi connectivity index (χ0n) is 13.4. The van der Waals surface area contributed by atoms with E-state index < -0.39 is 6.10 Å². The molecule has 4 nitrogen and oxygen atoms in total. The Morgan fingerprint density at radius 2 is 2.14 bits per heavy atom. The van der Waals surface area contributed by atoms with E-state index in [2.05, 4.69) is 52.1 Å². The van der Waals surface area contributed by atoms with Crippen molar-refractivity contribution in [2.24, 2.45) is 0 Å². The van der Waals surface area contributed by atoms with Gasteiger partial charge in [-0.1, -0.05) is 22.9 Å². The molecule has 0 spiro atoms. The number of likely N-dealkylation sites (N-methyl/N-ethyl adjacent to an activating group) is 1. The Morgan fingerprint density at radius 3 is 2.76 bits per heavy atom. The highest BCUT2D eigenvalue weighted by atomic mass is 79.9. The second kappa shape index (κ2) is 9.41. The molecule has 0 bridgehead atoms. The van der Waals surface area contributed by atoms with Gasteiger partial charge < -0.3 is 20.1 Å². The lowest BCUT2D eigenvalue weighted by molar-refractivity contribution is 0.0695. The first-order chi connectivity index (χ1) is 9.99. The first-order valence-electron chi connectivity index (χ1n) is 7.40. The highest BCUT2D eigenvalue weighted by molar-refractivity contribution is 9.10. The number of halogens is 1. The van der Waals surface area contributed by atoms with E-state index >= 15 is 0 Å². The summed E-state index contributed by atoms with van der Waals surface area (Å²) in [6.07, 6.45) is 0.617. The molecule has 1 aromatic rings. The summed E-state index contributed by atoms with van der Waals surface area (Å²) in [7, 11) is 3.60. The lowest BCUT2D eigenvalue weighted by atomic mass is 10.0. The summed E-state index contributed by atoms with van der Waals surface area (Å²) < 4.78 is 6.06. The second-order valence-corrected chi connectivity index (χ2v) is 6.28. The minimum absolute atomic E-state index is 0.263. The first kappa shape index (κ1) is 18.4. The number of hydrogen-bond donors (Lipinski definition) is 2. The third-order valence-corrected chi connectivity index (χ3v) is 3.90. The van der Waals surface area contributed by atoms with Crippen LogP contribution in [-0.4, -0.2) is 45.1 Å². The maximum Gasteiger partial charge on any atom is 0.0947 e. The quantitative estimate of drug-likeness (QED) is 0.712. The molecule has 0 saturated carbocycles. The van der Waals surface area contributed by atoms with Crippen molar-refractivity contribution in [3.05, 3.63) is 28.2 Å². The van der Waals surface area contributed by atoms with Gasteiger partial charge in [0.25, 0.3) is 0 Å². The minimum atomic E-state index is -0.490. The van der Waals surface area contributed by atoms with Gasteiger partial charge in [-0.25, -0.2) is 0 Å². The van der Waals surface area contributed by atoms with Gasteiger partial charge in [0.05, 0.1) is 12.7 Å². The lowest BCUT2D eigenvalue weighted by Crippen LogP contribution is -2.33. The van der Waals surface area contributed by atoms with Crippen molar-refractivity contribution in [3.63, 3.8) is 0 Å². The predicted molar refractivity (Wildman–Crippen MR) is 92.0 cm³/mol. The lowest BCUT2D eigenvalue weighted by Gasteiger charge is -2.27. The topological polar surface area (TPSA) is 44.7 Å². The molecule has 2 unspecified atom stereocenters. The zero-order valence-corrected chi connectivity index (χ0v) is 15.0. The van der Waals surface area contributed by atoms with Crippen molar-refractivity contribution in [2.45, 2.75) is 32.4 Å². The molecular formula is C16H27BrN2O2. The normalized spacial score (nSPS) is 14.0. The number of aliphatic hydroxyl groups is 1. The van der Waals surface area contributed by atoms with E-state index in [1.54, 1.807) is 7.11 Å². The largest absolute Gasteiger partial charge is 0.389 e. The van der Waals surface area contributed by atoms with E-state index in [-0.39, 0.29) is 6.04 Å². The number of anilines is 1. The van der Waals surface area contributed by atoms with Crippen LogP contribution < -0.4 is 10.2 Å². The van der Waals surface area contributed by atoms with Crippen LogP contribution in [0.15, 0.2) is 22.7 Å². The minimum Gasteiger partial charge on any atom is -0.389 e. The summed E-state index contributed by atoms with van der Waals surface area (Å²) in [5, 5.41) is 13.4. The standard InChI is InChI=1S/C16H27BrN2O2/c1-5-8-18-12(2)15-9-13(17)6-7-16(15)19(3)10-14(20)11-21-4/h6-7,9,12,14,18,20H,5,8,10-11H2,1-4H3. The number of aliphatic hydroxyl groups excluding tert-OH is 1. The molecule has 0 aromatic heterocycles. The van der Waals surface area contributed by atoms with Crippen LogP contribution in [0.3, 0.4) is 0 Å². The molecular weight excluding hydrogens is 332 g/mol. The molecule has 0 radical (unpaired) electrons.